The molecule has 76 valence electrons. The first-order valence-corrected chi connectivity index (χ1v) is 6.44. The van der Waals surface area contributed by atoms with Crippen molar-refractivity contribution in [2.45, 2.75) is 19.1 Å². The highest BCUT2D eigenvalue weighted by Gasteiger charge is 2.39. The van der Waals surface area contributed by atoms with Crippen LogP contribution >= 0.6 is 0 Å². The third kappa shape index (κ3) is 2.03. The van der Waals surface area contributed by atoms with Crippen molar-refractivity contribution in [1.82, 2.24) is 5.32 Å². The smallest absolute Gasteiger partial charge is 0.154 e. The highest BCUT2D eigenvalue weighted by Crippen LogP contribution is 2.19. The van der Waals surface area contributed by atoms with Crippen molar-refractivity contribution < 1.29 is 13.2 Å². The molecule has 0 aliphatic carbocycles. The molecule has 0 aromatic heterocycles. The van der Waals surface area contributed by atoms with Crippen molar-refractivity contribution in [2.75, 3.05) is 24.7 Å². The van der Waals surface area contributed by atoms with E-state index in [9.17, 15) is 8.42 Å². The van der Waals surface area contributed by atoms with Gasteiger partial charge in [0.25, 0.3) is 0 Å². The van der Waals surface area contributed by atoms with Crippen LogP contribution in [0.3, 0.4) is 0 Å². The van der Waals surface area contributed by atoms with Gasteiger partial charge in [-0.1, -0.05) is 6.92 Å². The molecule has 0 saturated carbocycles. The molecule has 2 aliphatic rings. The minimum absolute atomic E-state index is 0.0231. The molecular weight excluding hydrogens is 190 g/mol. The highest BCUT2D eigenvalue weighted by molar-refractivity contribution is 7.91. The first-order valence-electron chi connectivity index (χ1n) is 4.62. The fourth-order valence-electron chi connectivity index (χ4n) is 1.87. The Kier molecular flexibility index (Phi) is 2.33. The number of rotatable bonds is 0. The van der Waals surface area contributed by atoms with Crippen LogP contribution in [0.1, 0.15) is 6.92 Å². The molecule has 4 nitrogen and oxygen atoms in total. The van der Waals surface area contributed by atoms with Gasteiger partial charge >= 0.3 is 0 Å². The Morgan fingerprint density at radius 3 is 2.92 bits per heavy atom. The monoisotopic (exact) mass is 205 g/mol. The summed E-state index contributed by atoms with van der Waals surface area (Å²) >= 11 is 0. The quantitative estimate of drug-likeness (QED) is 0.574. The molecule has 2 rings (SSSR count). The second kappa shape index (κ2) is 3.22. The molecule has 2 heterocycles. The summed E-state index contributed by atoms with van der Waals surface area (Å²) < 4.78 is 28.1. The zero-order chi connectivity index (χ0) is 9.47. The first-order chi connectivity index (χ1) is 6.07. The van der Waals surface area contributed by atoms with Gasteiger partial charge in [-0.3, -0.25) is 0 Å². The molecule has 0 spiro atoms. The van der Waals surface area contributed by atoms with Gasteiger partial charge in [0.15, 0.2) is 9.84 Å². The molecule has 3 unspecified atom stereocenters. The van der Waals surface area contributed by atoms with Gasteiger partial charge in [-0.05, 0) is 5.92 Å². The minimum Gasteiger partial charge on any atom is -0.375 e. The largest absolute Gasteiger partial charge is 0.375 e. The zero-order valence-corrected chi connectivity index (χ0v) is 8.51. The molecule has 0 bridgehead atoms. The Morgan fingerprint density at radius 2 is 2.15 bits per heavy atom. The van der Waals surface area contributed by atoms with E-state index in [1.165, 1.54) is 0 Å². The number of hydrogen-bond acceptors (Lipinski definition) is 4. The van der Waals surface area contributed by atoms with Crippen LogP contribution in [0, 0.1) is 5.92 Å². The van der Waals surface area contributed by atoms with Gasteiger partial charge in [-0.15, -0.1) is 0 Å². The lowest BCUT2D eigenvalue weighted by Crippen LogP contribution is -2.38. The zero-order valence-electron chi connectivity index (χ0n) is 7.69. The Bertz CT molecular complexity index is 266. The molecule has 13 heavy (non-hydrogen) atoms. The lowest BCUT2D eigenvalue weighted by molar-refractivity contribution is 0.0548. The molecule has 3 atom stereocenters. The number of ether oxygens (including phenoxy) is 1. The summed E-state index contributed by atoms with van der Waals surface area (Å²) in [6, 6.07) is 0.0231. The molecule has 2 saturated heterocycles. The van der Waals surface area contributed by atoms with E-state index in [1.807, 2.05) is 0 Å². The van der Waals surface area contributed by atoms with Gasteiger partial charge in [-0.2, -0.15) is 0 Å². The van der Waals surface area contributed by atoms with Crippen LogP contribution in [-0.4, -0.2) is 45.2 Å². The average Bonchev–Trinajstić information content (AvgIpc) is 2.23. The van der Waals surface area contributed by atoms with Crippen LogP contribution in [0.15, 0.2) is 0 Å². The fourth-order valence-corrected chi connectivity index (χ4v) is 3.71. The molecule has 0 aromatic carbocycles. The van der Waals surface area contributed by atoms with Crippen molar-refractivity contribution in [3.8, 4) is 0 Å². The lowest BCUT2D eigenvalue weighted by atomic mass is 10.2. The molecular formula is C8H15NO3S. The van der Waals surface area contributed by atoms with Crippen molar-refractivity contribution in [3.63, 3.8) is 0 Å². The van der Waals surface area contributed by atoms with Crippen LogP contribution in [0.25, 0.3) is 0 Å². The molecule has 0 amide bonds. The van der Waals surface area contributed by atoms with Crippen molar-refractivity contribution in [3.05, 3.63) is 0 Å². The van der Waals surface area contributed by atoms with E-state index < -0.39 is 9.84 Å². The van der Waals surface area contributed by atoms with Gasteiger partial charge in [0, 0.05) is 12.6 Å². The van der Waals surface area contributed by atoms with Crippen LogP contribution < -0.4 is 5.32 Å². The second-order valence-corrected chi connectivity index (χ2v) is 6.22. The van der Waals surface area contributed by atoms with Crippen molar-refractivity contribution >= 4 is 9.84 Å². The van der Waals surface area contributed by atoms with Crippen LogP contribution in [0.5, 0.6) is 0 Å². The predicted octanol–water partition coefficient (Wildman–Crippen LogP) is -0.592. The van der Waals surface area contributed by atoms with Crippen LogP contribution in [0.4, 0.5) is 0 Å². The Labute approximate surface area is 78.6 Å². The van der Waals surface area contributed by atoms with Gasteiger partial charge in [-0.25, -0.2) is 8.42 Å². The van der Waals surface area contributed by atoms with Crippen molar-refractivity contribution in [1.29, 1.82) is 0 Å². The minimum atomic E-state index is -2.85. The van der Waals surface area contributed by atoms with E-state index in [4.69, 9.17) is 4.74 Å². The van der Waals surface area contributed by atoms with Crippen molar-refractivity contribution in [2.24, 2.45) is 5.92 Å². The normalized spacial score (nSPS) is 43.9. The van der Waals surface area contributed by atoms with E-state index in [1.54, 1.807) is 0 Å². The summed E-state index contributed by atoms with van der Waals surface area (Å²) in [6.07, 6.45) is -0.116. The standard InChI is InChI=1S/C8H15NO3S/c1-6-2-9-7-4-13(10,11)5-8(7)12-3-6/h6-9H,2-5H2,1H3. The predicted molar refractivity (Wildman–Crippen MR) is 49.3 cm³/mol. The third-order valence-corrected chi connectivity index (χ3v) is 4.33. The van der Waals surface area contributed by atoms with E-state index in [2.05, 4.69) is 12.2 Å². The van der Waals surface area contributed by atoms with E-state index in [-0.39, 0.29) is 23.7 Å². The summed E-state index contributed by atoms with van der Waals surface area (Å²) in [5.41, 5.74) is 0. The fraction of sp³-hybridized carbons (Fsp3) is 1.00. The maximum absolute atomic E-state index is 11.3. The average molecular weight is 205 g/mol. The van der Waals surface area contributed by atoms with Gasteiger partial charge in [0.05, 0.1) is 24.2 Å². The summed E-state index contributed by atoms with van der Waals surface area (Å²) in [7, 11) is -2.85. The Balaban J connectivity index is 2.08. The molecule has 0 radical (unpaired) electrons. The van der Waals surface area contributed by atoms with Gasteiger partial charge in [0.2, 0.25) is 0 Å². The molecule has 2 fully saturated rings. The van der Waals surface area contributed by atoms with E-state index in [0.29, 0.717) is 12.5 Å². The van der Waals surface area contributed by atoms with E-state index >= 15 is 0 Å². The lowest BCUT2D eigenvalue weighted by Gasteiger charge is -2.14. The summed E-state index contributed by atoms with van der Waals surface area (Å²) in [6.45, 7) is 3.63. The number of nitrogens with one attached hydrogen (secondary N) is 1. The summed E-state index contributed by atoms with van der Waals surface area (Å²) in [4.78, 5) is 0. The van der Waals surface area contributed by atoms with Gasteiger partial charge in [0.1, 0.15) is 0 Å². The SMILES string of the molecule is CC1CNC2CS(=O)(=O)CC2OC1. The molecule has 5 heteroatoms. The summed E-state index contributed by atoms with van der Waals surface area (Å²) in [5, 5.41) is 3.24. The Hall–Kier alpha value is -0.130. The second-order valence-electron chi connectivity index (χ2n) is 4.07. The van der Waals surface area contributed by atoms with E-state index in [0.717, 1.165) is 6.54 Å². The molecule has 2 aliphatic heterocycles. The Morgan fingerprint density at radius 1 is 1.38 bits per heavy atom. The number of sulfone groups is 1. The first kappa shape index (κ1) is 9.43. The van der Waals surface area contributed by atoms with Crippen LogP contribution in [0.2, 0.25) is 0 Å². The third-order valence-electron chi connectivity index (χ3n) is 2.62. The topological polar surface area (TPSA) is 55.4 Å². The van der Waals surface area contributed by atoms with Gasteiger partial charge < -0.3 is 10.1 Å². The highest BCUT2D eigenvalue weighted by atomic mass is 32.2. The summed E-state index contributed by atoms with van der Waals surface area (Å²) in [5.74, 6) is 0.912. The number of fused-ring (bicyclic) bond motifs is 1. The maximum atomic E-state index is 11.3. The molecule has 1 N–H and O–H groups in total. The van der Waals surface area contributed by atoms with Crippen LogP contribution in [-0.2, 0) is 14.6 Å². The molecule has 0 aromatic rings. The maximum Gasteiger partial charge on any atom is 0.154 e. The number of hydrogen-bond donors (Lipinski definition) is 1.